The van der Waals surface area contributed by atoms with Gasteiger partial charge in [-0.2, -0.15) is 0 Å². The van der Waals surface area contributed by atoms with Crippen LogP contribution >= 0.6 is 0 Å². The van der Waals surface area contributed by atoms with Crippen LogP contribution in [0.4, 0.5) is 27.4 Å². The summed E-state index contributed by atoms with van der Waals surface area (Å²) < 4.78 is 18.6. The molecule has 2 N–H and O–H groups in total. The topological polar surface area (TPSA) is 99.7 Å². The van der Waals surface area contributed by atoms with E-state index in [1.165, 1.54) is 31.2 Å². The molecule has 0 radical (unpaired) electrons. The van der Waals surface area contributed by atoms with Crippen LogP contribution in [0.25, 0.3) is 11.3 Å². The number of amides is 2. The third-order valence-corrected chi connectivity index (χ3v) is 6.43. The van der Waals surface area contributed by atoms with E-state index in [9.17, 15) is 14.0 Å². The monoisotopic (exact) mass is 540 g/mol. The molecule has 1 aromatic heterocycles. The van der Waals surface area contributed by atoms with E-state index in [1.807, 2.05) is 54.6 Å². The maximum Gasteiger partial charge on any atom is 0.260 e. The van der Waals surface area contributed by atoms with Crippen LogP contribution in [0.3, 0.4) is 0 Å². The van der Waals surface area contributed by atoms with Crippen molar-refractivity contribution in [2.75, 3.05) is 48.3 Å². The lowest BCUT2D eigenvalue weighted by atomic mass is 10.1. The normalized spacial score (nSPS) is 13.1. The SMILES string of the molecule is CC(=O)Nc1ccc(-c2ccnc(Nc3cccc(N4CCN(C(=O)COc5ccc(F)cc5)CC4)c3)n2)cc1. The van der Waals surface area contributed by atoms with Crippen LogP contribution in [0, 0.1) is 5.82 Å². The van der Waals surface area contributed by atoms with Crippen LogP contribution in [-0.2, 0) is 9.59 Å². The lowest BCUT2D eigenvalue weighted by Gasteiger charge is -2.36. The van der Waals surface area contributed by atoms with E-state index in [1.54, 1.807) is 11.1 Å². The molecule has 4 aromatic rings. The van der Waals surface area contributed by atoms with Crippen molar-refractivity contribution in [1.29, 1.82) is 0 Å². The van der Waals surface area contributed by atoms with Crippen molar-refractivity contribution in [1.82, 2.24) is 14.9 Å². The zero-order chi connectivity index (χ0) is 27.9. The van der Waals surface area contributed by atoms with Gasteiger partial charge in [0.15, 0.2) is 6.61 Å². The minimum Gasteiger partial charge on any atom is -0.484 e. The van der Waals surface area contributed by atoms with Gasteiger partial charge in [0.05, 0.1) is 5.69 Å². The molecule has 5 rings (SSSR count). The molecule has 0 unspecified atom stereocenters. The molecule has 40 heavy (non-hydrogen) atoms. The lowest BCUT2D eigenvalue weighted by Crippen LogP contribution is -2.50. The number of nitrogens with zero attached hydrogens (tertiary/aromatic N) is 4. The van der Waals surface area contributed by atoms with E-state index in [2.05, 4.69) is 25.5 Å². The quantitative estimate of drug-likeness (QED) is 0.334. The third kappa shape index (κ3) is 6.90. The number of aromatic nitrogens is 2. The Hall–Kier alpha value is -4.99. The molecule has 0 spiro atoms. The van der Waals surface area contributed by atoms with Crippen molar-refractivity contribution in [2.45, 2.75) is 6.92 Å². The van der Waals surface area contributed by atoms with Gasteiger partial charge in [-0.25, -0.2) is 14.4 Å². The van der Waals surface area contributed by atoms with E-state index in [0.717, 1.165) is 28.3 Å². The summed E-state index contributed by atoms with van der Waals surface area (Å²) in [6.45, 7) is 3.92. The molecular formula is C30H29FN6O3. The van der Waals surface area contributed by atoms with Crippen LogP contribution in [0.5, 0.6) is 5.75 Å². The highest BCUT2D eigenvalue weighted by Crippen LogP contribution is 2.25. The molecule has 0 aliphatic carbocycles. The summed E-state index contributed by atoms with van der Waals surface area (Å²) in [7, 11) is 0. The number of hydrogen-bond donors (Lipinski definition) is 2. The number of carbonyl (C=O) groups is 2. The molecule has 0 atom stereocenters. The molecule has 1 aliphatic heterocycles. The Morgan fingerprint density at radius 2 is 1.68 bits per heavy atom. The molecule has 2 heterocycles. The van der Waals surface area contributed by atoms with E-state index in [0.29, 0.717) is 37.9 Å². The summed E-state index contributed by atoms with van der Waals surface area (Å²) in [5, 5.41) is 6.04. The van der Waals surface area contributed by atoms with Gasteiger partial charge in [0, 0.05) is 61.9 Å². The first-order valence-electron chi connectivity index (χ1n) is 12.9. The fraction of sp³-hybridized carbons (Fsp3) is 0.200. The van der Waals surface area contributed by atoms with E-state index < -0.39 is 0 Å². The number of benzene rings is 3. The van der Waals surface area contributed by atoms with Crippen molar-refractivity contribution >= 4 is 34.8 Å². The number of hydrogen-bond acceptors (Lipinski definition) is 7. The van der Waals surface area contributed by atoms with Crippen molar-refractivity contribution in [3.05, 3.63) is 90.9 Å². The highest BCUT2D eigenvalue weighted by molar-refractivity contribution is 5.89. The Balaban J connectivity index is 1.16. The second-order valence-electron chi connectivity index (χ2n) is 9.31. The van der Waals surface area contributed by atoms with Crippen molar-refractivity contribution in [3.8, 4) is 17.0 Å². The van der Waals surface area contributed by atoms with E-state index in [4.69, 9.17) is 4.74 Å². The predicted molar refractivity (Wildman–Crippen MR) is 152 cm³/mol. The molecular weight excluding hydrogens is 511 g/mol. The van der Waals surface area contributed by atoms with Gasteiger partial charge >= 0.3 is 0 Å². The Morgan fingerprint density at radius 3 is 2.40 bits per heavy atom. The number of carbonyl (C=O) groups excluding carboxylic acids is 2. The van der Waals surface area contributed by atoms with Gasteiger partial charge in [-0.1, -0.05) is 18.2 Å². The number of halogens is 1. The lowest BCUT2D eigenvalue weighted by molar-refractivity contribution is -0.133. The fourth-order valence-corrected chi connectivity index (χ4v) is 4.40. The molecule has 0 bridgehead atoms. The molecule has 2 amide bonds. The van der Waals surface area contributed by atoms with Crippen molar-refractivity contribution < 1.29 is 18.7 Å². The number of ether oxygens (including phenoxy) is 1. The zero-order valence-corrected chi connectivity index (χ0v) is 22.0. The third-order valence-electron chi connectivity index (χ3n) is 6.43. The first-order valence-corrected chi connectivity index (χ1v) is 12.9. The Morgan fingerprint density at radius 1 is 0.925 bits per heavy atom. The van der Waals surface area contributed by atoms with Crippen LogP contribution in [0.1, 0.15) is 6.92 Å². The number of rotatable bonds is 8. The average molecular weight is 541 g/mol. The van der Waals surface area contributed by atoms with Gasteiger partial charge < -0.3 is 25.2 Å². The maximum absolute atomic E-state index is 13.1. The molecule has 1 fully saturated rings. The first-order chi connectivity index (χ1) is 19.4. The number of anilines is 4. The van der Waals surface area contributed by atoms with Crippen molar-refractivity contribution in [2.24, 2.45) is 0 Å². The minimum atomic E-state index is -0.346. The second-order valence-corrected chi connectivity index (χ2v) is 9.31. The van der Waals surface area contributed by atoms with Crippen molar-refractivity contribution in [3.63, 3.8) is 0 Å². The smallest absolute Gasteiger partial charge is 0.260 e. The fourth-order valence-electron chi connectivity index (χ4n) is 4.40. The van der Waals surface area contributed by atoms with E-state index >= 15 is 0 Å². The predicted octanol–water partition coefficient (Wildman–Crippen LogP) is 4.71. The second kappa shape index (κ2) is 12.2. The van der Waals surface area contributed by atoms with Gasteiger partial charge in [-0.3, -0.25) is 9.59 Å². The highest BCUT2D eigenvalue weighted by Gasteiger charge is 2.22. The largest absolute Gasteiger partial charge is 0.484 e. The molecule has 3 aromatic carbocycles. The summed E-state index contributed by atoms with van der Waals surface area (Å²) in [4.78, 5) is 36.9. The number of nitrogens with one attached hydrogen (secondary N) is 2. The Kier molecular flexibility index (Phi) is 8.15. The maximum atomic E-state index is 13.1. The van der Waals surface area contributed by atoms with Gasteiger partial charge in [0.1, 0.15) is 11.6 Å². The van der Waals surface area contributed by atoms with E-state index in [-0.39, 0.29) is 24.2 Å². The van der Waals surface area contributed by atoms with Crippen LogP contribution < -0.4 is 20.3 Å². The number of piperazine rings is 1. The first kappa shape index (κ1) is 26.6. The molecule has 9 nitrogen and oxygen atoms in total. The van der Waals surface area contributed by atoms with Crippen LogP contribution in [-0.4, -0.2) is 59.5 Å². The zero-order valence-electron chi connectivity index (χ0n) is 22.0. The molecule has 204 valence electrons. The summed E-state index contributed by atoms with van der Waals surface area (Å²) in [6.07, 6.45) is 1.70. The molecule has 1 saturated heterocycles. The summed E-state index contributed by atoms with van der Waals surface area (Å²) >= 11 is 0. The van der Waals surface area contributed by atoms with Gasteiger partial charge in [0.2, 0.25) is 11.9 Å². The standard InChI is InChI=1S/C30H29FN6O3/c1-21(38)33-24-9-5-22(6-10-24)28-13-14-32-30(35-28)34-25-3-2-4-26(19-25)36-15-17-37(18-16-36)29(39)20-40-27-11-7-23(31)8-12-27/h2-14,19H,15-18,20H2,1H3,(H,33,38)(H,32,34,35). The van der Waals surface area contributed by atoms with Crippen LogP contribution in [0.15, 0.2) is 85.1 Å². The highest BCUT2D eigenvalue weighted by atomic mass is 19.1. The van der Waals surface area contributed by atoms with Crippen LogP contribution in [0.2, 0.25) is 0 Å². The molecule has 10 heteroatoms. The molecule has 0 saturated carbocycles. The Bertz CT molecular complexity index is 1470. The Labute approximate surface area is 231 Å². The average Bonchev–Trinajstić information content (AvgIpc) is 2.97. The summed E-state index contributed by atoms with van der Waals surface area (Å²) in [5.74, 6) is 0.374. The summed E-state index contributed by atoms with van der Waals surface area (Å²) in [6, 6.07) is 22.9. The van der Waals surface area contributed by atoms with Gasteiger partial charge in [-0.15, -0.1) is 0 Å². The van der Waals surface area contributed by atoms with Gasteiger partial charge in [-0.05, 0) is 60.7 Å². The minimum absolute atomic E-state index is 0.0798. The molecule has 1 aliphatic rings. The summed E-state index contributed by atoms with van der Waals surface area (Å²) in [5.41, 5.74) is 4.27. The van der Waals surface area contributed by atoms with Gasteiger partial charge in [0.25, 0.3) is 5.91 Å².